The van der Waals surface area contributed by atoms with Gasteiger partial charge in [-0.05, 0) is 52.4 Å². The Morgan fingerprint density at radius 1 is 1.41 bits per heavy atom. The molecule has 152 valence electrons. The van der Waals surface area contributed by atoms with Crippen LogP contribution in [0.2, 0.25) is 0 Å². The molecule has 0 aromatic heterocycles. The van der Waals surface area contributed by atoms with Crippen molar-refractivity contribution in [3.05, 3.63) is 23.0 Å². The number of Topliss-reactive ketones (excluding diaryl/α,β-unsaturated/α-hetero) is 1. The SMILES string of the molecule is COC1CCC2=C(CC3C(C(C)CCC(O)C(C)(C)O)=CCC3(C)O2)C1=O. The van der Waals surface area contributed by atoms with E-state index in [1.807, 2.05) is 0 Å². The van der Waals surface area contributed by atoms with Crippen molar-refractivity contribution in [2.24, 2.45) is 11.8 Å². The molecule has 5 unspecified atom stereocenters. The normalized spacial score (nSPS) is 33.1. The number of aliphatic hydroxyl groups excluding tert-OH is 1. The first-order valence-corrected chi connectivity index (χ1v) is 10.1. The van der Waals surface area contributed by atoms with Crippen molar-refractivity contribution in [2.75, 3.05) is 7.11 Å². The summed E-state index contributed by atoms with van der Waals surface area (Å²) in [6.07, 6.45) is 5.55. The van der Waals surface area contributed by atoms with E-state index in [0.29, 0.717) is 12.8 Å². The minimum absolute atomic E-state index is 0.0807. The molecule has 27 heavy (non-hydrogen) atoms. The molecule has 5 heteroatoms. The number of carbonyl (C=O) groups is 1. The first-order valence-electron chi connectivity index (χ1n) is 10.1. The highest BCUT2D eigenvalue weighted by atomic mass is 16.5. The summed E-state index contributed by atoms with van der Waals surface area (Å²) in [6, 6.07) is 0. The zero-order chi connectivity index (χ0) is 20.0. The van der Waals surface area contributed by atoms with Gasteiger partial charge in [0.2, 0.25) is 0 Å². The van der Waals surface area contributed by atoms with Gasteiger partial charge in [-0.25, -0.2) is 0 Å². The molecule has 0 aromatic rings. The highest BCUT2D eigenvalue weighted by molar-refractivity contribution is 6.00. The lowest BCUT2D eigenvalue weighted by Crippen LogP contribution is -2.43. The number of fused-ring (bicyclic) bond motifs is 1. The third kappa shape index (κ3) is 3.87. The Balaban J connectivity index is 1.72. The first-order chi connectivity index (χ1) is 12.6. The number of rotatable bonds is 6. The number of carbonyl (C=O) groups excluding carboxylic acids is 1. The predicted octanol–water partition coefficient (Wildman–Crippen LogP) is 3.29. The van der Waals surface area contributed by atoms with Crippen LogP contribution in [0.25, 0.3) is 0 Å². The van der Waals surface area contributed by atoms with E-state index in [0.717, 1.165) is 37.0 Å². The minimum Gasteiger partial charge on any atom is -0.491 e. The van der Waals surface area contributed by atoms with E-state index in [1.165, 1.54) is 5.57 Å². The molecule has 5 nitrogen and oxygen atoms in total. The average Bonchev–Trinajstić information content (AvgIpc) is 2.93. The Hall–Kier alpha value is -1.17. The van der Waals surface area contributed by atoms with Crippen LogP contribution in [0.1, 0.15) is 66.2 Å². The van der Waals surface area contributed by atoms with Crippen LogP contribution in [0.15, 0.2) is 23.0 Å². The molecule has 1 heterocycles. The molecule has 2 N–H and O–H groups in total. The Kier molecular flexibility index (Phi) is 5.59. The van der Waals surface area contributed by atoms with Crippen molar-refractivity contribution in [3.8, 4) is 0 Å². The Morgan fingerprint density at radius 3 is 2.74 bits per heavy atom. The summed E-state index contributed by atoms with van der Waals surface area (Å²) >= 11 is 0. The fourth-order valence-electron chi connectivity index (χ4n) is 4.79. The van der Waals surface area contributed by atoms with Gasteiger partial charge in [-0.1, -0.05) is 18.6 Å². The van der Waals surface area contributed by atoms with E-state index in [-0.39, 0.29) is 29.3 Å². The van der Waals surface area contributed by atoms with E-state index in [4.69, 9.17) is 9.47 Å². The van der Waals surface area contributed by atoms with E-state index in [2.05, 4.69) is 19.9 Å². The first kappa shape index (κ1) is 20.6. The summed E-state index contributed by atoms with van der Waals surface area (Å²) in [7, 11) is 1.60. The smallest absolute Gasteiger partial charge is 0.190 e. The topological polar surface area (TPSA) is 76.0 Å². The van der Waals surface area contributed by atoms with E-state index in [9.17, 15) is 15.0 Å². The van der Waals surface area contributed by atoms with Crippen molar-refractivity contribution < 1.29 is 24.5 Å². The number of aliphatic hydroxyl groups is 2. The van der Waals surface area contributed by atoms with Crippen LogP contribution in [0.3, 0.4) is 0 Å². The fraction of sp³-hybridized carbons (Fsp3) is 0.773. The van der Waals surface area contributed by atoms with Gasteiger partial charge in [0.1, 0.15) is 17.5 Å². The number of allylic oxidation sites excluding steroid dienone is 1. The Morgan fingerprint density at radius 2 is 2.11 bits per heavy atom. The van der Waals surface area contributed by atoms with Crippen molar-refractivity contribution in [1.29, 1.82) is 0 Å². The molecular weight excluding hydrogens is 344 g/mol. The number of hydrogen-bond donors (Lipinski definition) is 2. The van der Waals surface area contributed by atoms with E-state index >= 15 is 0 Å². The minimum atomic E-state index is -1.09. The molecule has 0 saturated heterocycles. The number of hydrogen-bond acceptors (Lipinski definition) is 5. The molecule has 0 bridgehead atoms. The van der Waals surface area contributed by atoms with Gasteiger partial charge in [-0.3, -0.25) is 4.79 Å². The highest BCUT2D eigenvalue weighted by Gasteiger charge is 2.50. The molecule has 0 amide bonds. The van der Waals surface area contributed by atoms with Crippen molar-refractivity contribution in [1.82, 2.24) is 0 Å². The van der Waals surface area contributed by atoms with E-state index in [1.54, 1.807) is 21.0 Å². The fourth-order valence-corrected chi connectivity index (χ4v) is 4.79. The molecular formula is C22H34O5. The van der Waals surface area contributed by atoms with Gasteiger partial charge < -0.3 is 19.7 Å². The van der Waals surface area contributed by atoms with E-state index < -0.39 is 11.7 Å². The molecule has 0 fully saturated rings. The van der Waals surface area contributed by atoms with Crippen LogP contribution >= 0.6 is 0 Å². The summed E-state index contributed by atoms with van der Waals surface area (Å²) < 4.78 is 11.7. The molecule has 0 aromatic carbocycles. The summed E-state index contributed by atoms with van der Waals surface area (Å²) in [5, 5.41) is 20.1. The van der Waals surface area contributed by atoms with Gasteiger partial charge >= 0.3 is 0 Å². The number of ether oxygens (including phenoxy) is 2. The monoisotopic (exact) mass is 378 g/mol. The second kappa shape index (κ2) is 7.34. The Bertz CT molecular complexity index is 656. The van der Waals surface area contributed by atoms with Gasteiger partial charge in [0.25, 0.3) is 0 Å². The summed E-state index contributed by atoms with van der Waals surface area (Å²) in [5.41, 5.74) is 0.763. The zero-order valence-electron chi connectivity index (χ0n) is 17.2. The van der Waals surface area contributed by atoms with Gasteiger partial charge in [0, 0.05) is 31.4 Å². The second-order valence-electron chi connectivity index (χ2n) is 9.26. The Labute approximate surface area is 162 Å². The van der Waals surface area contributed by atoms with Gasteiger partial charge in [0.15, 0.2) is 5.78 Å². The lowest BCUT2D eigenvalue weighted by Gasteiger charge is -2.43. The lowest BCUT2D eigenvalue weighted by molar-refractivity contribution is -0.129. The third-order valence-electron chi connectivity index (χ3n) is 6.75. The maximum Gasteiger partial charge on any atom is 0.190 e. The van der Waals surface area contributed by atoms with Crippen molar-refractivity contribution >= 4 is 5.78 Å². The molecule has 3 rings (SSSR count). The maximum absolute atomic E-state index is 12.7. The van der Waals surface area contributed by atoms with Gasteiger partial charge in [-0.2, -0.15) is 0 Å². The van der Waals surface area contributed by atoms with Crippen LogP contribution in [-0.4, -0.2) is 46.5 Å². The van der Waals surface area contributed by atoms with Gasteiger partial charge in [0.05, 0.1) is 11.7 Å². The second-order valence-corrected chi connectivity index (χ2v) is 9.26. The third-order valence-corrected chi connectivity index (χ3v) is 6.75. The van der Waals surface area contributed by atoms with Gasteiger partial charge in [-0.15, -0.1) is 0 Å². The zero-order valence-corrected chi connectivity index (χ0v) is 17.2. The molecule has 5 atom stereocenters. The van der Waals surface area contributed by atoms with Crippen molar-refractivity contribution in [3.63, 3.8) is 0 Å². The van der Waals surface area contributed by atoms with Crippen LogP contribution in [-0.2, 0) is 14.3 Å². The van der Waals surface area contributed by atoms with Crippen LogP contribution in [0, 0.1) is 11.8 Å². The average molecular weight is 379 g/mol. The molecule has 1 aliphatic heterocycles. The number of ketones is 1. The highest BCUT2D eigenvalue weighted by Crippen LogP contribution is 2.51. The molecule has 2 aliphatic carbocycles. The molecule has 0 saturated carbocycles. The largest absolute Gasteiger partial charge is 0.491 e. The maximum atomic E-state index is 12.7. The summed E-state index contributed by atoms with van der Waals surface area (Å²) in [5.74, 6) is 1.41. The molecule has 3 aliphatic rings. The van der Waals surface area contributed by atoms with Crippen LogP contribution in [0.4, 0.5) is 0 Å². The van der Waals surface area contributed by atoms with Crippen LogP contribution in [0.5, 0.6) is 0 Å². The summed E-state index contributed by atoms with van der Waals surface area (Å²) in [4.78, 5) is 12.7. The summed E-state index contributed by atoms with van der Waals surface area (Å²) in [6.45, 7) is 7.59. The molecule has 0 spiro atoms. The lowest BCUT2D eigenvalue weighted by atomic mass is 9.73. The van der Waals surface area contributed by atoms with Crippen molar-refractivity contribution in [2.45, 2.75) is 89.6 Å². The van der Waals surface area contributed by atoms with Crippen LogP contribution < -0.4 is 0 Å². The predicted molar refractivity (Wildman–Crippen MR) is 103 cm³/mol. The molecule has 0 radical (unpaired) electrons. The standard InChI is InChI=1S/C22H34O5/c1-13(6-9-19(23)21(2,3)25)14-10-11-22(4)16(14)12-15-17(27-22)7-8-18(26-5)20(15)24/h10,13,16,18-19,23,25H,6-9,11-12H2,1-5H3. The quantitative estimate of drug-likeness (QED) is 0.694. The number of methoxy groups -OCH3 is 1.